The first kappa shape index (κ1) is 54.2. The highest BCUT2D eigenvalue weighted by molar-refractivity contribution is 6.09. The normalized spacial score (nSPS) is 40.4. The number of esters is 1. The number of hydrogen-bond acceptors (Lipinski definition) is 13. The zero-order valence-electron chi connectivity index (χ0n) is 40.6. The molecule has 65 heavy (non-hydrogen) atoms. The molecule has 3 heterocycles. The zero-order chi connectivity index (χ0) is 48.2. The van der Waals surface area contributed by atoms with Gasteiger partial charge in [-0.05, 0) is 107 Å². The molecule has 1 saturated carbocycles. The third-order valence-electron chi connectivity index (χ3n) is 14.4. The number of allylic oxidation sites excluding steroid dienone is 6. The second-order valence-electron chi connectivity index (χ2n) is 19.6. The number of methoxy groups -OCH3 is 3. The molecule has 0 aromatic rings. The Kier molecular flexibility index (Phi) is 21.0. The lowest BCUT2D eigenvalue weighted by Crippen LogP contribution is -2.62. The number of aliphatic hydroxyl groups is 3. The monoisotopic (exact) mass is 914 g/mol. The van der Waals surface area contributed by atoms with E-state index in [1.54, 1.807) is 41.1 Å². The molecule has 0 aromatic carbocycles. The number of rotatable bonds is 6. The van der Waals surface area contributed by atoms with Gasteiger partial charge in [0.05, 0.1) is 24.4 Å². The van der Waals surface area contributed by atoms with Gasteiger partial charge in [-0.2, -0.15) is 0 Å². The summed E-state index contributed by atoms with van der Waals surface area (Å²) in [5.74, 6) is -8.01. The van der Waals surface area contributed by atoms with Crippen LogP contribution in [0.4, 0.5) is 0 Å². The van der Waals surface area contributed by atoms with Gasteiger partial charge in [0.2, 0.25) is 5.78 Å². The molecule has 0 radical (unpaired) electrons. The molecule has 14 nitrogen and oxygen atoms in total. The maximum Gasteiger partial charge on any atom is 0.329 e. The number of carbonyl (C=O) groups is 5. The number of fused-ring (bicyclic) bond motifs is 3. The number of hydrogen-bond donors (Lipinski definition) is 3. The van der Waals surface area contributed by atoms with Crippen molar-refractivity contribution in [2.45, 2.75) is 180 Å². The standard InChI is InChI=1S/C51H79NO13/c1-30-16-12-11-13-17-31(2)42(61-8)28-38-21-19-32(3)48(57)51(60,65-38)50(59)52-23-15-14-18-39(52)49(58)64-43(34(5)26-37-20-22-40(53)44(27-37)62-9)29-41(54)33(4)25-36(7)46(56)47(63-10)45(55)35(6)24-30/h11-13,16-17,25,30,32-35,37-40,42-44,46-47,53,56,60H,14-15,18-24,26-29H2,1-10H3/b13-11+,16-12+,31-17+,36-25+/t30-,32?,33?,34?,35?,37?,38+,39?,40?,42+,43+,44-,46?,47+,51?/m1/s1. The maximum absolute atomic E-state index is 14.6. The van der Waals surface area contributed by atoms with Gasteiger partial charge in [0.15, 0.2) is 5.78 Å². The molecule has 3 fully saturated rings. The first-order chi connectivity index (χ1) is 30.7. The van der Waals surface area contributed by atoms with E-state index in [4.69, 9.17) is 23.7 Å². The van der Waals surface area contributed by atoms with Crippen LogP contribution in [0.5, 0.6) is 0 Å². The average molecular weight is 914 g/mol. The van der Waals surface area contributed by atoms with Crippen molar-refractivity contribution in [2.75, 3.05) is 27.9 Å². The van der Waals surface area contributed by atoms with Gasteiger partial charge in [0, 0.05) is 58.5 Å². The number of aliphatic hydroxyl groups excluding tert-OH is 2. The lowest BCUT2D eigenvalue weighted by atomic mass is 9.78. The molecule has 4 aliphatic rings. The van der Waals surface area contributed by atoms with Crippen molar-refractivity contribution >= 4 is 29.2 Å². The van der Waals surface area contributed by atoms with E-state index < -0.39 is 83.9 Å². The van der Waals surface area contributed by atoms with Crippen LogP contribution in [0.2, 0.25) is 0 Å². The fourth-order valence-corrected chi connectivity index (χ4v) is 10.1. The van der Waals surface area contributed by atoms with Crippen molar-refractivity contribution in [3.63, 3.8) is 0 Å². The molecule has 3 N–H and O–H groups in total. The Hall–Kier alpha value is -3.37. The Labute approximate surface area is 387 Å². The Morgan fingerprint density at radius 2 is 1.55 bits per heavy atom. The third kappa shape index (κ3) is 14.3. The minimum atomic E-state index is -2.85. The molecule has 0 aromatic heterocycles. The Morgan fingerprint density at radius 1 is 0.831 bits per heavy atom. The summed E-state index contributed by atoms with van der Waals surface area (Å²) in [7, 11) is 4.51. The minimum absolute atomic E-state index is 0.0147. The topological polar surface area (TPSA) is 195 Å². The number of ketones is 3. The fourth-order valence-electron chi connectivity index (χ4n) is 10.1. The van der Waals surface area contributed by atoms with Crippen LogP contribution < -0.4 is 0 Å². The number of Topliss-reactive ketones (excluding diaryl/α,β-unsaturated/α-hetero) is 3. The second-order valence-corrected chi connectivity index (χ2v) is 19.6. The molecular formula is C51H79NO13. The summed E-state index contributed by atoms with van der Waals surface area (Å²) in [5, 5.41) is 34.1. The van der Waals surface area contributed by atoms with E-state index in [-0.39, 0.29) is 61.2 Å². The van der Waals surface area contributed by atoms with Crippen molar-refractivity contribution in [3.05, 3.63) is 47.6 Å². The maximum atomic E-state index is 14.6. The highest BCUT2D eigenvalue weighted by atomic mass is 16.6. The molecule has 0 spiro atoms. The fraction of sp³-hybridized carbons (Fsp3) is 0.745. The van der Waals surface area contributed by atoms with E-state index in [1.165, 1.54) is 12.0 Å². The molecule has 9 unspecified atom stereocenters. The van der Waals surface area contributed by atoms with Crippen molar-refractivity contribution in [2.24, 2.45) is 35.5 Å². The quantitative estimate of drug-likeness (QED) is 0.156. The zero-order valence-corrected chi connectivity index (χ0v) is 40.6. The van der Waals surface area contributed by atoms with Gasteiger partial charge >= 0.3 is 11.8 Å². The first-order valence-electron chi connectivity index (χ1n) is 23.9. The molecule has 366 valence electrons. The van der Waals surface area contributed by atoms with E-state index in [2.05, 4.69) is 0 Å². The molecule has 1 amide bonds. The van der Waals surface area contributed by atoms with E-state index >= 15 is 0 Å². The van der Waals surface area contributed by atoms with Gasteiger partial charge in [0.25, 0.3) is 5.91 Å². The number of nitrogens with zero attached hydrogens (tertiary/aromatic N) is 1. The summed E-state index contributed by atoms with van der Waals surface area (Å²) in [5.41, 5.74) is 1.24. The van der Waals surface area contributed by atoms with Crippen LogP contribution in [-0.4, -0.2) is 132 Å². The van der Waals surface area contributed by atoms with Gasteiger partial charge in [-0.3, -0.25) is 19.2 Å². The van der Waals surface area contributed by atoms with Crippen molar-refractivity contribution in [1.82, 2.24) is 4.90 Å². The highest BCUT2D eigenvalue weighted by Crippen LogP contribution is 2.36. The van der Waals surface area contributed by atoms with E-state index in [9.17, 15) is 39.3 Å². The predicted molar refractivity (Wildman–Crippen MR) is 245 cm³/mol. The number of amides is 1. The summed E-state index contributed by atoms with van der Waals surface area (Å²) >= 11 is 0. The lowest BCUT2D eigenvalue weighted by molar-refractivity contribution is -0.231. The van der Waals surface area contributed by atoms with Crippen LogP contribution in [0.3, 0.4) is 0 Å². The number of cyclic esters (lactones) is 1. The van der Waals surface area contributed by atoms with Crippen molar-refractivity contribution < 1.29 is 63.0 Å². The van der Waals surface area contributed by atoms with Gasteiger partial charge in [-0.15, -0.1) is 0 Å². The molecule has 4 rings (SSSR count). The van der Waals surface area contributed by atoms with Crippen molar-refractivity contribution in [3.8, 4) is 0 Å². The van der Waals surface area contributed by atoms with Crippen LogP contribution in [0.1, 0.15) is 126 Å². The van der Waals surface area contributed by atoms with E-state index in [0.29, 0.717) is 56.9 Å². The minimum Gasteiger partial charge on any atom is -0.460 e. The molecule has 15 atom stereocenters. The molecular weight excluding hydrogens is 835 g/mol. The summed E-state index contributed by atoms with van der Waals surface area (Å²) in [6.07, 6.45) is 10.7. The van der Waals surface area contributed by atoms with Crippen molar-refractivity contribution in [1.29, 1.82) is 0 Å². The summed E-state index contributed by atoms with van der Waals surface area (Å²) in [4.78, 5) is 72.1. The summed E-state index contributed by atoms with van der Waals surface area (Å²) in [6, 6.07) is -1.16. The lowest BCUT2D eigenvalue weighted by Gasteiger charge is -2.40. The molecule has 1 aliphatic carbocycles. The van der Waals surface area contributed by atoms with Crippen LogP contribution in [0.25, 0.3) is 0 Å². The summed E-state index contributed by atoms with van der Waals surface area (Å²) in [6.45, 7) is 12.7. The molecule has 3 aliphatic heterocycles. The van der Waals surface area contributed by atoms with E-state index in [0.717, 1.165) is 12.0 Å². The van der Waals surface area contributed by atoms with Crippen LogP contribution in [0.15, 0.2) is 47.6 Å². The first-order valence-corrected chi connectivity index (χ1v) is 23.9. The highest BCUT2D eigenvalue weighted by Gasteiger charge is 2.55. The predicted octanol–water partition coefficient (Wildman–Crippen LogP) is 6.18. The smallest absolute Gasteiger partial charge is 0.329 e. The number of ether oxygens (including phenoxy) is 5. The van der Waals surface area contributed by atoms with Gasteiger partial charge in [-0.25, -0.2) is 4.79 Å². The third-order valence-corrected chi connectivity index (χ3v) is 14.4. The van der Waals surface area contributed by atoms with Gasteiger partial charge in [-0.1, -0.05) is 71.1 Å². The van der Waals surface area contributed by atoms with Crippen LogP contribution >= 0.6 is 0 Å². The molecule has 14 heteroatoms. The van der Waals surface area contributed by atoms with Gasteiger partial charge < -0.3 is 43.9 Å². The second kappa shape index (κ2) is 25.1. The Balaban J connectivity index is 1.74. The van der Waals surface area contributed by atoms with Gasteiger partial charge in [0.1, 0.15) is 30.1 Å². The SMILES string of the molecule is CO[C@H]1C[C@@H]2CCC(C)C(=O)C(O)(O2)C(=O)N2CCCCC2C(=O)O[C@H](C(C)CC2CCC(O)[C@H](OC)C2)CC(=O)C(C)/C=C(\C)C(O)[C@@H](OC)C(=O)C(C)C[C@H](C)/C=C/C=C/C=C/1C. The number of piperidine rings is 1. The van der Waals surface area contributed by atoms with E-state index in [1.807, 2.05) is 58.1 Å². The largest absolute Gasteiger partial charge is 0.460 e. The summed E-state index contributed by atoms with van der Waals surface area (Å²) < 4.78 is 29.5. The average Bonchev–Trinajstić information content (AvgIpc) is 3.39. The van der Waals surface area contributed by atoms with Crippen LogP contribution in [0, 0.1) is 35.5 Å². The van der Waals surface area contributed by atoms with Crippen LogP contribution in [-0.2, 0) is 47.7 Å². The molecule has 2 saturated heterocycles. The Morgan fingerprint density at radius 3 is 2.23 bits per heavy atom. The number of carbonyl (C=O) groups excluding carboxylic acids is 5. The molecule has 2 bridgehead atoms. The Bertz CT molecular complexity index is 1760.